The third-order valence-electron chi connectivity index (χ3n) is 1.25. The minimum atomic E-state index is -0.469. The van der Waals surface area contributed by atoms with Gasteiger partial charge in [-0.3, -0.25) is 0 Å². The summed E-state index contributed by atoms with van der Waals surface area (Å²) in [6.07, 6.45) is 0. The molecule has 0 saturated carbocycles. The lowest BCUT2D eigenvalue weighted by molar-refractivity contribution is 0.0592. The second-order valence-corrected chi connectivity index (χ2v) is 2.60. The van der Waals surface area contributed by atoms with E-state index in [2.05, 4.69) is 30.9 Å². The maximum atomic E-state index is 10.9. The van der Waals surface area contributed by atoms with Gasteiger partial charge in [0, 0.05) is 5.33 Å². The van der Waals surface area contributed by atoms with Gasteiger partial charge in [-0.15, -0.1) is 5.10 Å². The van der Waals surface area contributed by atoms with Crippen LogP contribution in [0.3, 0.4) is 0 Å². The Hall–Kier alpha value is -0.970. The van der Waals surface area contributed by atoms with Crippen LogP contribution in [0.15, 0.2) is 12.1 Å². The molecule has 0 saturated heterocycles. The fourth-order valence-electron chi connectivity index (χ4n) is 0.645. The lowest BCUT2D eigenvalue weighted by Crippen LogP contribution is -2.05. The van der Waals surface area contributed by atoms with Crippen LogP contribution in [-0.4, -0.2) is 23.3 Å². The molecule has 1 heterocycles. The highest BCUT2D eigenvalue weighted by Gasteiger charge is 2.06. The topological polar surface area (TPSA) is 52.1 Å². The lowest BCUT2D eigenvalue weighted by atomic mass is 10.3. The molecule has 5 heteroatoms. The van der Waals surface area contributed by atoms with Crippen molar-refractivity contribution in [2.24, 2.45) is 0 Å². The van der Waals surface area contributed by atoms with Gasteiger partial charge in [0.25, 0.3) is 0 Å². The van der Waals surface area contributed by atoms with Crippen molar-refractivity contribution < 1.29 is 9.53 Å². The van der Waals surface area contributed by atoms with Gasteiger partial charge in [-0.25, -0.2) is 4.79 Å². The summed E-state index contributed by atoms with van der Waals surface area (Å²) < 4.78 is 4.46. The van der Waals surface area contributed by atoms with E-state index >= 15 is 0 Å². The van der Waals surface area contributed by atoms with Crippen LogP contribution in [0.1, 0.15) is 16.2 Å². The number of aromatic nitrogens is 2. The van der Waals surface area contributed by atoms with E-state index in [1.165, 1.54) is 7.11 Å². The van der Waals surface area contributed by atoms with Crippen LogP contribution in [0, 0.1) is 0 Å². The molecule has 12 heavy (non-hydrogen) atoms. The zero-order chi connectivity index (χ0) is 8.97. The summed E-state index contributed by atoms with van der Waals surface area (Å²) in [5, 5.41) is 8.06. The van der Waals surface area contributed by atoms with Crippen LogP contribution in [-0.2, 0) is 10.1 Å². The summed E-state index contributed by atoms with van der Waals surface area (Å²) in [7, 11) is 1.31. The van der Waals surface area contributed by atoms with Gasteiger partial charge in [0.1, 0.15) is 0 Å². The highest BCUT2D eigenvalue weighted by atomic mass is 79.9. The van der Waals surface area contributed by atoms with E-state index in [1.54, 1.807) is 12.1 Å². The van der Waals surface area contributed by atoms with Crippen molar-refractivity contribution in [3.05, 3.63) is 23.5 Å². The number of hydrogen-bond acceptors (Lipinski definition) is 4. The van der Waals surface area contributed by atoms with Gasteiger partial charge in [0.15, 0.2) is 5.69 Å². The standard InChI is InChI=1S/C7H7BrN2O2/c1-12-7(11)6-3-2-5(4-8)9-10-6/h2-3H,4H2,1H3. The predicted molar refractivity (Wildman–Crippen MR) is 46.0 cm³/mol. The van der Waals surface area contributed by atoms with E-state index < -0.39 is 5.97 Å². The first-order valence-corrected chi connectivity index (χ1v) is 4.37. The average Bonchev–Trinajstić information content (AvgIpc) is 2.17. The van der Waals surface area contributed by atoms with Crippen LogP contribution in [0.4, 0.5) is 0 Å². The van der Waals surface area contributed by atoms with E-state index in [1.807, 2.05) is 0 Å². The molecule has 0 bridgehead atoms. The van der Waals surface area contributed by atoms with E-state index in [-0.39, 0.29) is 5.69 Å². The van der Waals surface area contributed by atoms with Crippen molar-refractivity contribution in [3.63, 3.8) is 0 Å². The van der Waals surface area contributed by atoms with Crippen LogP contribution < -0.4 is 0 Å². The highest BCUT2D eigenvalue weighted by Crippen LogP contribution is 2.01. The van der Waals surface area contributed by atoms with E-state index in [0.717, 1.165) is 5.69 Å². The second-order valence-electron chi connectivity index (χ2n) is 2.04. The van der Waals surface area contributed by atoms with Gasteiger partial charge in [-0.1, -0.05) is 15.9 Å². The number of hydrogen-bond donors (Lipinski definition) is 0. The number of ether oxygens (including phenoxy) is 1. The maximum Gasteiger partial charge on any atom is 0.358 e. The van der Waals surface area contributed by atoms with Gasteiger partial charge in [-0.2, -0.15) is 5.10 Å². The summed E-state index contributed by atoms with van der Waals surface area (Å²) in [6, 6.07) is 3.30. The maximum absolute atomic E-state index is 10.9. The molecule has 0 radical (unpaired) electrons. The molecule has 0 spiro atoms. The van der Waals surface area contributed by atoms with Crippen molar-refractivity contribution in [3.8, 4) is 0 Å². The first-order valence-electron chi connectivity index (χ1n) is 3.25. The molecule has 1 rings (SSSR count). The van der Waals surface area contributed by atoms with Gasteiger partial charge >= 0.3 is 5.97 Å². The molecule has 1 aromatic heterocycles. The largest absolute Gasteiger partial charge is 0.464 e. The molecule has 64 valence electrons. The van der Waals surface area contributed by atoms with Crippen molar-refractivity contribution in [2.45, 2.75) is 5.33 Å². The van der Waals surface area contributed by atoms with Gasteiger partial charge < -0.3 is 4.74 Å². The Morgan fingerprint density at radius 1 is 1.58 bits per heavy atom. The zero-order valence-electron chi connectivity index (χ0n) is 6.45. The van der Waals surface area contributed by atoms with Crippen molar-refractivity contribution in [2.75, 3.05) is 7.11 Å². The van der Waals surface area contributed by atoms with Crippen molar-refractivity contribution in [1.82, 2.24) is 10.2 Å². The number of nitrogens with zero attached hydrogens (tertiary/aromatic N) is 2. The molecule has 0 aliphatic heterocycles. The Kier molecular flexibility index (Phi) is 3.16. The minimum absolute atomic E-state index is 0.224. The Bertz CT molecular complexity index is 273. The van der Waals surface area contributed by atoms with Gasteiger partial charge in [0.05, 0.1) is 12.8 Å². The number of carbonyl (C=O) groups is 1. The lowest BCUT2D eigenvalue weighted by Gasteiger charge is -1.96. The summed E-state index contributed by atoms with van der Waals surface area (Å²) >= 11 is 3.22. The Morgan fingerprint density at radius 2 is 2.33 bits per heavy atom. The Balaban J connectivity index is 2.84. The first-order chi connectivity index (χ1) is 5.77. The number of carbonyl (C=O) groups excluding carboxylic acids is 1. The minimum Gasteiger partial charge on any atom is -0.464 e. The van der Waals surface area contributed by atoms with E-state index in [0.29, 0.717) is 5.33 Å². The summed E-state index contributed by atoms with van der Waals surface area (Å²) in [4.78, 5) is 10.9. The normalized spacial score (nSPS) is 9.50. The zero-order valence-corrected chi connectivity index (χ0v) is 8.04. The van der Waals surface area contributed by atoms with Crippen molar-refractivity contribution in [1.29, 1.82) is 0 Å². The predicted octanol–water partition coefficient (Wildman–Crippen LogP) is 1.16. The van der Waals surface area contributed by atoms with Gasteiger partial charge in [-0.05, 0) is 12.1 Å². The van der Waals surface area contributed by atoms with Crippen LogP contribution in [0.5, 0.6) is 0 Å². The first kappa shape index (κ1) is 9.12. The molecule has 0 aromatic carbocycles. The van der Waals surface area contributed by atoms with Crippen molar-refractivity contribution >= 4 is 21.9 Å². The van der Waals surface area contributed by atoms with E-state index in [9.17, 15) is 4.79 Å². The third kappa shape index (κ3) is 2.01. The van der Waals surface area contributed by atoms with E-state index in [4.69, 9.17) is 0 Å². The molecule has 0 fully saturated rings. The molecule has 0 unspecified atom stereocenters. The molecule has 0 atom stereocenters. The number of methoxy groups -OCH3 is 1. The molecule has 0 aliphatic rings. The van der Waals surface area contributed by atoms with Gasteiger partial charge in [0.2, 0.25) is 0 Å². The molecule has 1 aromatic rings. The second kappa shape index (κ2) is 4.15. The quantitative estimate of drug-likeness (QED) is 0.566. The van der Waals surface area contributed by atoms with Crippen LogP contribution in [0.2, 0.25) is 0 Å². The SMILES string of the molecule is COC(=O)c1ccc(CBr)nn1. The number of alkyl halides is 1. The highest BCUT2D eigenvalue weighted by molar-refractivity contribution is 9.08. The molecule has 0 amide bonds. The van der Waals surface area contributed by atoms with Crippen LogP contribution in [0.25, 0.3) is 0 Å². The summed E-state index contributed by atoms with van der Waals surface area (Å²) in [5.74, 6) is -0.469. The molecule has 0 N–H and O–H groups in total. The molecular weight excluding hydrogens is 224 g/mol. The molecule has 4 nitrogen and oxygen atoms in total. The van der Waals surface area contributed by atoms with Crippen LogP contribution >= 0.6 is 15.9 Å². The summed E-state index contributed by atoms with van der Waals surface area (Å²) in [5.41, 5.74) is 1.00. The Morgan fingerprint density at radius 3 is 2.75 bits per heavy atom. The number of rotatable bonds is 2. The summed E-state index contributed by atoms with van der Waals surface area (Å²) in [6.45, 7) is 0. The fourth-order valence-corrected chi connectivity index (χ4v) is 0.944. The third-order valence-corrected chi connectivity index (χ3v) is 1.83. The monoisotopic (exact) mass is 230 g/mol. The number of esters is 1. The average molecular weight is 231 g/mol. The number of halogens is 1. The Labute approximate surface area is 78.1 Å². The smallest absolute Gasteiger partial charge is 0.358 e. The molecular formula is C7H7BrN2O2. The fraction of sp³-hybridized carbons (Fsp3) is 0.286. The molecule has 0 aliphatic carbocycles.